The summed E-state index contributed by atoms with van der Waals surface area (Å²) in [4.78, 5) is 14.2. The summed E-state index contributed by atoms with van der Waals surface area (Å²) in [6.45, 7) is 4.07. The minimum atomic E-state index is -4.43. The number of urea groups is 1. The van der Waals surface area contributed by atoms with Crippen molar-refractivity contribution in [2.75, 3.05) is 18.4 Å². The number of carbonyl (C=O) groups excluding carboxylic acids is 1. The highest BCUT2D eigenvalue weighted by atomic mass is 19.4. The lowest BCUT2D eigenvalue weighted by Crippen LogP contribution is -2.52. The molecule has 1 fully saturated rings. The maximum Gasteiger partial charge on any atom is 0.416 e. The van der Waals surface area contributed by atoms with Gasteiger partial charge in [0.15, 0.2) is 0 Å². The van der Waals surface area contributed by atoms with Crippen molar-refractivity contribution in [1.82, 2.24) is 14.7 Å². The van der Waals surface area contributed by atoms with Gasteiger partial charge in [-0.2, -0.15) is 18.3 Å². The van der Waals surface area contributed by atoms with E-state index in [4.69, 9.17) is 4.74 Å². The maximum absolute atomic E-state index is 13.0. The number of hydrogen-bond donors (Lipinski definition) is 1. The highest BCUT2D eigenvalue weighted by molar-refractivity contribution is 5.89. The van der Waals surface area contributed by atoms with Crippen LogP contribution in [0, 0.1) is 0 Å². The summed E-state index contributed by atoms with van der Waals surface area (Å²) in [5, 5.41) is 6.74. The number of amides is 2. The van der Waals surface area contributed by atoms with E-state index in [1.165, 1.54) is 12.3 Å². The fourth-order valence-corrected chi connectivity index (χ4v) is 3.12. The van der Waals surface area contributed by atoms with Gasteiger partial charge in [0.1, 0.15) is 6.10 Å². The normalized spacial score (nSPS) is 19.8. The zero-order valence-corrected chi connectivity index (χ0v) is 15.2. The summed E-state index contributed by atoms with van der Waals surface area (Å²) in [5.74, 6) is 0. The van der Waals surface area contributed by atoms with Crippen LogP contribution >= 0.6 is 0 Å². The second-order valence-corrected chi connectivity index (χ2v) is 7.20. The number of rotatable bonds is 2. The summed E-state index contributed by atoms with van der Waals surface area (Å²) >= 11 is 0. The van der Waals surface area contributed by atoms with Crippen LogP contribution in [0.15, 0.2) is 36.7 Å². The van der Waals surface area contributed by atoms with Crippen molar-refractivity contribution in [3.63, 3.8) is 0 Å². The minimum Gasteiger partial charge on any atom is -0.364 e. The van der Waals surface area contributed by atoms with Gasteiger partial charge in [0.05, 0.1) is 36.1 Å². The monoisotopic (exact) mass is 382 g/mol. The predicted molar refractivity (Wildman–Crippen MR) is 93.1 cm³/mol. The van der Waals surface area contributed by atoms with Gasteiger partial charge in [0.2, 0.25) is 0 Å². The van der Waals surface area contributed by atoms with Crippen molar-refractivity contribution in [1.29, 1.82) is 0 Å². The molecule has 1 N–H and O–H groups in total. The Morgan fingerprint density at radius 2 is 2.11 bits per heavy atom. The summed E-state index contributed by atoms with van der Waals surface area (Å²) in [6, 6.07) is 4.67. The molecule has 0 spiro atoms. The highest BCUT2D eigenvalue weighted by Crippen LogP contribution is 2.35. The minimum absolute atomic E-state index is 0.150. The Labute approximate surface area is 154 Å². The number of halogens is 3. The van der Waals surface area contributed by atoms with Crippen molar-refractivity contribution in [3.8, 4) is 0 Å². The molecule has 0 radical (unpaired) electrons. The van der Waals surface area contributed by atoms with Crippen LogP contribution in [-0.4, -0.2) is 39.4 Å². The molecule has 0 aliphatic carbocycles. The lowest BCUT2D eigenvalue weighted by atomic mass is 10.00. The number of aryl methyl sites for hydroxylation is 1. The number of nitrogens with zero attached hydrogens (tertiary/aromatic N) is 3. The van der Waals surface area contributed by atoms with Gasteiger partial charge >= 0.3 is 12.2 Å². The Balaban J connectivity index is 1.80. The zero-order chi connectivity index (χ0) is 19.8. The molecule has 27 heavy (non-hydrogen) atoms. The van der Waals surface area contributed by atoms with Gasteiger partial charge in [-0.15, -0.1) is 0 Å². The molecule has 0 bridgehead atoms. The summed E-state index contributed by atoms with van der Waals surface area (Å²) < 4.78 is 46.6. The molecule has 1 aromatic heterocycles. The van der Waals surface area contributed by atoms with E-state index in [2.05, 4.69) is 10.4 Å². The molecule has 1 saturated heterocycles. The molecule has 0 saturated carbocycles. The quantitative estimate of drug-likeness (QED) is 0.859. The number of carbonyl (C=O) groups is 1. The van der Waals surface area contributed by atoms with Crippen molar-refractivity contribution >= 4 is 11.7 Å². The molecule has 3 rings (SSSR count). The van der Waals surface area contributed by atoms with Gasteiger partial charge in [0.25, 0.3) is 0 Å². The molecule has 1 aliphatic rings. The van der Waals surface area contributed by atoms with Crippen LogP contribution in [0.2, 0.25) is 0 Å². The van der Waals surface area contributed by atoms with E-state index in [9.17, 15) is 18.0 Å². The number of alkyl halides is 3. The fraction of sp³-hybridized carbons (Fsp3) is 0.444. The summed E-state index contributed by atoms with van der Waals surface area (Å²) in [6.07, 6.45) is -1.91. The smallest absolute Gasteiger partial charge is 0.364 e. The van der Waals surface area contributed by atoms with Gasteiger partial charge in [-0.05, 0) is 31.5 Å². The van der Waals surface area contributed by atoms with Crippen molar-refractivity contribution in [2.45, 2.75) is 31.7 Å². The first-order chi connectivity index (χ1) is 12.5. The molecule has 2 amide bonds. The second-order valence-electron chi connectivity index (χ2n) is 7.20. The van der Waals surface area contributed by atoms with Crippen LogP contribution in [-0.2, 0) is 18.0 Å². The van der Waals surface area contributed by atoms with Crippen LogP contribution in [0.25, 0.3) is 0 Å². The summed E-state index contributed by atoms with van der Waals surface area (Å²) in [7, 11) is 1.73. The Hall–Kier alpha value is -2.55. The predicted octanol–water partition coefficient (Wildman–Crippen LogP) is 3.82. The third kappa shape index (κ3) is 4.60. The van der Waals surface area contributed by atoms with E-state index in [1.54, 1.807) is 42.7 Å². The lowest BCUT2D eigenvalue weighted by molar-refractivity contribution is -0.138. The van der Waals surface area contributed by atoms with Crippen LogP contribution in [0.1, 0.15) is 31.1 Å². The second kappa shape index (κ2) is 6.88. The Morgan fingerprint density at radius 1 is 1.37 bits per heavy atom. The average molecular weight is 382 g/mol. The summed E-state index contributed by atoms with van der Waals surface area (Å²) in [5.41, 5.74) is -0.513. The van der Waals surface area contributed by atoms with E-state index in [0.29, 0.717) is 17.8 Å². The number of ether oxygens (including phenoxy) is 1. The van der Waals surface area contributed by atoms with Gasteiger partial charge in [0, 0.05) is 13.2 Å². The maximum atomic E-state index is 13.0. The standard InChI is InChI=1S/C18H21F3N4O2/c1-17(2)11-25(16(26)23-14-8-22-24(3)9-14)10-15(27-17)12-5-4-6-13(7-12)18(19,20)21/h4-9,15H,10-11H2,1-3H3,(H,23,26). The van der Waals surface area contributed by atoms with Crippen LogP contribution in [0.4, 0.5) is 23.7 Å². The van der Waals surface area contributed by atoms with Gasteiger partial charge in [-0.1, -0.05) is 12.1 Å². The fourth-order valence-electron chi connectivity index (χ4n) is 3.12. The topological polar surface area (TPSA) is 59.4 Å². The first kappa shape index (κ1) is 19.2. The van der Waals surface area contributed by atoms with Gasteiger partial charge in [-0.3, -0.25) is 4.68 Å². The highest BCUT2D eigenvalue weighted by Gasteiger charge is 2.37. The molecule has 6 nitrogen and oxygen atoms in total. The molecule has 1 aliphatic heterocycles. The van der Waals surface area contributed by atoms with Crippen LogP contribution in [0.3, 0.4) is 0 Å². The zero-order valence-electron chi connectivity index (χ0n) is 15.2. The van der Waals surface area contributed by atoms with Gasteiger partial charge < -0.3 is 15.0 Å². The molecule has 146 valence electrons. The van der Waals surface area contributed by atoms with E-state index in [-0.39, 0.29) is 12.6 Å². The molecule has 2 heterocycles. The van der Waals surface area contributed by atoms with E-state index >= 15 is 0 Å². The number of nitrogens with one attached hydrogen (secondary N) is 1. The molecule has 1 unspecified atom stereocenters. The number of anilines is 1. The van der Waals surface area contributed by atoms with E-state index < -0.39 is 23.4 Å². The Morgan fingerprint density at radius 3 is 2.74 bits per heavy atom. The molecule has 2 aromatic rings. The molecular formula is C18H21F3N4O2. The van der Waals surface area contributed by atoms with Crippen LogP contribution in [0.5, 0.6) is 0 Å². The number of aromatic nitrogens is 2. The third-order valence-corrected chi connectivity index (χ3v) is 4.25. The first-order valence-corrected chi connectivity index (χ1v) is 8.43. The lowest BCUT2D eigenvalue weighted by Gasteiger charge is -2.42. The van der Waals surface area contributed by atoms with Crippen molar-refractivity contribution in [2.24, 2.45) is 7.05 Å². The SMILES string of the molecule is Cn1cc(NC(=O)N2CC(c3cccc(C(F)(F)F)c3)OC(C)(C)C2)cn1. The molecule has 1 atom stereocenters. The average Bonchev–Trinajstić information content (AvgIpc) is 2.97. The van der Waals surface area contributed by atoms with E-state index in [1.807, 2.05) is 0 Å². The molecular weight excluding hydrogens is 361 g/mol. The van der Waals surface area contributed by atoms with Crippen LogP contribution < -0.4 is 5.32 Å². The van der Waals surface area contributed by atoms with Crippen molar-refractivity contribution < 1.29 is 22.7 Å². The number of benzene rings is 1. The molecule has 1 aromatic carbocycles. The van der Waals surface area contributed by atoms with Crippen molar-refractivity contribution in [3.05, 3.63) is 47.8 Å². The van der Waals surface area contributed by atoms with E-state index in [0.717, 1.165) is 12.1 Å². The first-order valence-electron chi connectivity index (χ1n) is 8.43. The number of hydrogen-bond acceptors (Lipinski definition) is 3. The largest absolute Gasteiger partial charge is 0.416 e. The Kier molecular flexibility index (Phi) is 4.90. The van der Waals surface area contributed by atoms with Gasteiger partial charge in [-0.25, -0.2) is 4.79 Å². The Bertz CT molecular complexity index is 832. The third-order valence-electron chi connectivity index (χ3n) is 4.25. The number of morpholine rings is 1. The molecule has 9 heteroatoms.